The smallest absolute Gasteiger partial charge is 0.248 e. The second-order valence-corrected chi connectivity index (χ2v) is 6.83. The van der Waals surface area contributed by atoms with Gasteiger partial charge in [0.2, 0.25) is 5.91 Å². The molecule has 0 N–H and O–H groups in total. The van der Waals surface area contributed by atoms with Crippen molar-refractivity contribution in [3.05, 3.63) is 24.3 Å². The lowest BCUT2D eigenvalue weighted by Gasteiger charge is -2.31. The fraction of sp³-hybridized carbons (Fsp3) is 0.706. The van der Waals surface area contributed by atoms with E-state index in [1.165, 1.54) is 6.33 Å². The molecule has 9 heteroatoms. The lowest BCUT2D eigenvalue weighted by molar-refractivity contribution is -0.138. The Bertz CT molecular complexity index is 703. The first-order chi connectivity index (χ1) is 12.6. The summed E-state index contributed by atoms with van der Waals surface area (Å²) in [5.74, 6) is 2.29. The van der Waals surface area contributed by atoms with Gasteiger partial charge in [0.05, 0.1) is 6.10 Å². The molecule has 0 aromatic carbocycles. The predicted molar refractivity (Wildman–Crippen MR) is 94.5 cm³/mol. The highest BCUT2D eigenvalue weighted by molar-refractivity contribution is 5.77. The van der Waals surface area contributed by atoms with Crippen molar-refractivity contribution in [3.8, 4) is 0 Å². The minimum absolute atomic E-state index is 0.0704. The SMILES string of the molecule is CCn1c(Cn2cncn2)nnc1C1CCN(C(=O)COC(C)C)CC1. The van der Waals surface area contributed by atoms with Gasteiger partial charge in [0, 0.05) is 25.6 Å². The number of likely N-dealkylation sites (tertiary alicyclic amines) is 1. The number of ether oxygens (including phenoxy) is 1. The molecular weight excluding hydrogens is 334 g/mol. The van der Waals surface area contributed by atoms with Crippen LogP contribution in [0.3, 0.4) is 0 Å². The first-order valence-electron chi connectivity index (χ1n) is 9.22. The van der Waals surface area contributed by atoms with E-state index in [-0.39, 0.29) is 18.6 Å². The number of nitrogens with zero attached hydrogens (tertiary/aromatic N) is 7. The Morgan fingerprint density at radius 1 is 1.31 bits per heavy atom. The third-order valence-corrected chi connectivity index (χ3v) is 4.70. The van der Waals surface area contributed by atoms with E-state index in [0.717, 1.165) is 44.1 Å². The Labute approximate surface area is 153 Å². The van der Waals surface area contributed by atoms with Crippen LogP contribution in [0.15, 0.2) is 12.7 Å². The minimum Gasteiger partial charge on any atom is -0.369 e. The zero-order valence-electron chi connectivity index (χ0n) is 15.7. The van der Waals surface area contributed by atoms with Crippen molar-refractivity contribution in [1.29, 1.82) is 0 Å². The van der Waals surface area contributed by atoms with Crippen LogP contribution in [0.1, 0.15) is 51.2 Å². The number of aromatic nitrogens is 6. The Hall–Kier alpha value is -2.29. The van der Waals surface area contributed by atoms with Crippen molar-refractivity contribution in [1.82, 2.24) is 34.4 Å². The summed E-state index contributed by atoms with van der Waals surface area (Å²) in [5, 5.41) is 12.9. The average molecular weight is 361 g/mol. The zero-order valence-corrected chi connectivity index (χ0v) is 15.7. The van der Waals surface area contributed by atoms with Crippen molar-refractivity contribution < 1.29 is 9.53 Å². The van der Waals surface area contributed by atoms with E-state index in [9.17, 15) is 4.79 Å². The zero-order chi connectivity index (χ0) is 18.5. The van der Waals surface area contributed by atoms with E-state index < -0.39 is 0 Å². The van der Waals surface area contributed by atoms with Gasteiger partial charge in [0.25, 0.3) is 0 Å². The molecule has 0 saturated carbocycles. The first-order valence-corrected chi connectivity index (χ1v) is 9.22. The maximum absolute atomic E-state index is 12.2. The van der Waals surface area contributed by atoms with Crippen LogP contribution in [0.4, 0.5) is 0 Å². The minimum atomic E-state index is 0.0704. The van der Waals surface area contributed by atoms with Crippen LogP contribution in [0, 0.1) is 0 Å². The maximum Gasteiger partial charge on any atom is 0.248 e. The van der Waals surface area contributed by atoms with E-state index in [1.807, 2.05) is 18.7 Å². The van der Waals surface area contributed by atoms with Crippen LogP contribution in [0.25, 0.3) is 0 Å². The molecule has 1 aliphatic heterocycles. The van der Waals surface area contributed by atoms with Crippen molar-refractivity contribution in [2.24, 2.45) is 0 Å². The van der Waals surface area contributed by atoms with Crippen LogP contribution in [-0.4, -0.2) is 66.1 Å². The summed E-state index contributed by atoms with van der Waals surface area (Å²) >= 11 is 0. The number of carbonyl (C=O) groups excluding carboxylic acids is 1. The summed E-state index contributed by atoms with van der Waals surface area (Å²) in [7, 11) is 0. The maximum atomic E-state index is 12.2. The highest BCUT2D eigenvalue weighted by atomic mass is 16.5. The Morgan fingerprint density at radius 3 is 2.69 bits per heavy atom. The molecular formula is C17H27N7O2. The average Bonchev–Trinajstić information content (AvgIpc) is 3.29. The highest BCUT2D eigenvalue weighted by Gasteiger charge is 2.28. The van der Waals surface area contributed by atoms with Crippen molar-refractivity contribution >= 4 is 5.91 Å². The summed E-state index contributed by atoms with van der Waals surface area (Å²) in [6.45, 7) is 8.98. The van der Waals surface area contributed by atoms with Gasteiger partial charge in [0.1, 0.15) is 31.6 Å². The van der Waals surface area contributed by atoms with Crippen LogP contribution in [-0.2, 0) is 22.6 Å². The van der Waals surface area contributed by atoms with Crippen molar-refractivity contribution in [2.75, 3.05) is 19.7 Å². The molecule has 0 aliphatic carbocycles. The molecule has 0 unspecified atom stereocenters. The Balaban J connectivity index is 1.60. The lowest BCUT2D eigenvalue weighted by Crippen LogP contribution is -2.40. The van der Waals surface area contributed by atoms with Gasteiger partial charge in [-0.3, -0.25) is 4.79 Å². The quantitative estimate of drug-likeness (QED) is 0.733. The molecule has 142 valence electrons. The number of rotatable bonds is 7. The summed E-state index contributed by atoms with van der Waals surface area (Å²) in [4.78, 5) is 18.1. The standard InChI is InChI=1S/C17H27N7O2/c1-4-24-15(9-23-12-18-11-19-23)20-21-17(24)14-5-7-22(8-6-14)16(25)10-26-13(2)3/h11-14H,4-10H2,1-3H3. The van der Waals surface area contributed by atoms with Gasteiger partial charge in [-0.1, -0.05) is 0 Å². The molecule has 3 heterocycles. The molecule has 0 radical (unpaired) electrons. The van der Waals surface area contributed by atoms with E-state index in [2.05, 4.69) is 31.8 Å². The van der Waals surface area contributed by atoms with Gasteiger partial charge < -0.3 is 14.2 Å². The molecule has 3 rings (SSSR count). The molecule has 1 fully saturated rings. The summed E-state index contributed by atoms with van der Waals surface area (Å²) in [6.07, 6.45) is 5.06. The third-order valence-electron chi connectivity index (χ3n) is 4.70. The summed E-state index contributed by atoms with van der Waals surface area (Å²) in [5.41, 5.74) is 0. The van der Waals surface area contributed by atoms with E-state index in [4.69, 9.17) is 4.74 Å². The Morgan fingerprint density at radius 2 is 2.08 bits per heavy atom. The van der Waals surface area contributed by atoms with Crippen LogP contribution < -0.4 is 0 Å². The van der Waals surface area contributed by atoms with Gasteiger partial charge in [-0.2, -0.15) is 5.10 Å². The molecule has 0 atom stereocenters. The normalized spacial score (nSPS) is 15.8. The largest absolute Gasteiger partial charge is 0.369 e. The molecule has 0 spiro atoms. The summed E-state index contributed by atoms with van der Waals surface area (Å²) in [6, 6.07) is 0. The number of carbonyl (C=O) groups is 1. The van der Waals surface area contributed by atoms with Gasteiger partial charge in [-0.25, -0.2) is 9.67 Å². The van der Waals surface area contributed by atoms with Gasteiger partial charge in [-0.05, 0) is 33.6 Å². The van der Waals surface area contributed by atoms with E-state index in [0.29, 0.717) is 12.5 Å². The van der Waals surface area contributed by atoms with E-state index in [1.54, 1.807) is 11.0 Å². The monoisotopic (exact) mass is 361 g/mol. The Kier molecular flexibility index (Phi) is 5.97. The van der Waals surface area contributed by atoms with Crippen molar-refractivity contribution in [3.63, 3.8) is 0 Å². The topological polar surface area (TPSA) is 91.0 Å². The number of hydrogen-bond donors (Lipinski definition) is 0. The highest BCUT2D eigenvalue weighted by Crippen LogP contribution is 2.27. The molecule has 1 saturated heterocycles. The fourth-order valence-corrected chi connectivity index (χ4v) is 3.29. The molecule has 1 amide bonds. The van der Waals surface area contributed by atoms with Crippen molar-refractivity contribution in [2.45, 2.75) is 58.7 Å². The first kappa shape index (κ1) is 18.5. The van der Waals surface area contributed by atoms with Crippen LogP contribution in [0.2, 0.25) is 0 Å². The molecule has 1 aliphatic rings. The fourth-order valence-electron chi connectivity index (χ4n) is 3.29. The molecule has 0 bridgehead atoms. The number of piperidine rings is 1. The molecule has 2 aromatic rings. The second-order valence-electron chi connectivity index (χ2n) is 6.83. The van der Waals surface area contributed by atoms with Gasteiger partial charge >= 0.3 is 0 Å². The molecule has 26 heavy (non-hydrogen) atoms. The lowest BCUT2D eigenvalue weighted by atomic mass is 9.96. The molecule has 9 nitrogen and oxygen atoms in total. The predicted octanol–water partition coefficient (Wildman–Crippen LogP) is 1.07. The molecule has 2 aromatic heterocycles. The number of amides is 1. The van der Waals surface area contributed by atoms with Crippen LogP contribution in [0.5, 0.6) is 0 Å². The summed E-state index contributed by atoms with van der Waals surface area (Å²) < 4.78 is 9.33. The van der Waals surface area contributed by atoms with Gasteiger partial charge in [0.15, 0.2) is 5.82 Å². The van der Waals surface area contributed by atoms with Gasteiger partial charge in [-0.15, -0.1) is 10.2 Å². The van der Waals surface area contributed by atoms with Crippen LogP contribution >= 0.6 is 0 Å². The second kappa shape index (κ2) is 8.39. The third kappa shape index (κ3) is 4.27. The number of hydrogen-bond acceptors (Lipinski definition) is 6. The van der Waals surface area contributed by atoms with E-state index >= 15 is 0 Å².